The average molecular weight is 520 g/mol. The van der Waals surface area contributed by atoms with E-state index in [-0.39, 0.29) is 17.9 Å². The molecule has 2 amide bonds. The molecule has 0 spiro atoms. The van der Waals surface area contributed by atoms with Crippen LogP contribution in [-0.4, -0.2) is 60.0 Å². The number of benzene rings is 3. The van der Waals surface area contributed by atoms with E-state index in [0.29, 0.717) is 22.4 Å². The van der Waals surface area contributed by atoms with Crippen LogP contribution < -0.4 is 4.74 Å². The van der Waals surface area contributed by atoms with Gasteiger partial charge in [-0.25, -0.2) is 0 Å². The molecule has 174 valence electrons. The molecule has 4 aromatic rings. The van der Waals surface area contributed by atoms with Crippen LogP contribution in [0.3, 0.4) is 0 Å². The van der Waals surface area contributed by atoms with Crippen LogP contribution in [0.4, 0.5) is 0 Å². The number of carbonyl (C=O) groups excluding carboxylic acids is 2. The minimum Gasteiger partial charge on any atom is -0.489 e. The van der Waals surface area contributed by atoms with E-state index in [1.54, 1.807) is 7.05 Å². The van der Waals surface area contributed by atoms with E-state index in [0.717, 1.165) is 38.4 Å². The Kier molecular flexibility index (Phi) is 5.49. The van der Waals surface area contributed by atoms with E-state index in [9.17, 15) is 9.59 Å². The van der Waals surface area contributed by atoms with Gasteiger partial charge in [0.1, 0.15) is 11.9 Å². The number of para-hydroxylation sites is 1. The number of aromatic nitrogens is 1. The Bertz CT molecular complexity index is 1490. The number of fused-ring (bicyclic) bond motifs is 5. The van der Waals surface area contributed by atoms with Gasteiger partial charge in [-0.3, -0.25) is 14.5 Å². The molecule has 1 aliphatic heterocycles. The SMILES string of the molecule is CC(CN(C)C)Oc1cccc(Br)c1-c1cc2c(c3c1C(=O)N(C)C3=O)c1ccccc1n2C. The van der Waals surface area contributed by atoms with Crippen molar-refractivity contribution in [3.63, 3.8) is 0 Å². The Hall–Kier alpha value is -3.16. The number of hydrogen-bond acceptors (Lipinski definition) is 4. The number of amides is 2. The largest absolute Gasteiger partial charge is 0.489 e. The fourth-order valence-electron chi connectivity index (χ4n) is 5.01. The Morgan fingerprint density at radius 1 is 0.941 bits per heavy atom. The highest BCUT2D eigenvalue weighted by molar-refractivity contribution is 9.10. The molecule has 6 nitrogen and oxygen atoms in total. The average Bonchev–Trinajstić information content (AvgIpc) is 3.19. The zero-order valence-corrected chi connectivity index (χ0v) is 21.4. The maximum atomic E-state index is 13.4. The summed E-state index contributed by atoms with van der Waals surface area (Å²) < 4.78 is 9.24. The van der Waals surface area contributed by atoms with Gasteiger partial charge < -0.3 is 14.2 Å². The van der Waals surface area contributed by atoms with Crippen molar-refractivity contribution in [3.05, 3.63) is 64.1 Å². The number of ether oxygens (including phenoxy) is 1. The van der Waals surface area contributed by atoms with Gasteiger partial charge in [0.15, 0.2) is 0 Å². The molecule has 0 fully saturated rings. The summed E-state index contributed by atoms with van der Waals surface area (Å²) in [7, 11) is 7.54. The Morgan fingerprint density at radius 3 is 2.38 bits per heavy atom. The lowest BCUT2D eigenvalue weighted by atomic mass is 9.92. The quantitative estimate of drug-likeness (QED) is 0.335. The number of rotatable bonds is 5. The van der Waals surface area contributed by atoms with Crippen molar-refractivity contribution in [2.24, 2.45) is 7.05 Å². The predicted molar refractivity (Wildman–Crippen MR) is 139 cm³/mol. The number of halogens is 1. The molecule has 34 heavy (non-hydrogen) atoms. The first-order valence-electron chi connectivity index (χ1n) is 11.2. The maximum Gasteiger partial charge on any atom is 0.262 e. The molecule has 0 saturated heterocycles. The minimum absolute atomic E-state index is 0.0718. The van der Waals surface area contributed by atoms with Gasteiger partial charge in [0.05, 0.1) is 16.6 Å². The molecule has 0 saturated carbocycles. The van der Waals surface area contributed by atoms with Gasteiger partial charge in [0, 0.05) is 52.5 Å². The van der Waals surface area contributed by atoms with Crippen LogP contribution in [-0.2, 0) is 7.05 Å². The first-order valence-corrected chi connectivity index (χ1v) is 12.0. The van der Waals surface area contributed by atoms with Crippen molar-refractivity contribution in [2.75, 3.05) is 27.7 Å². The number of carbonyl (C=O) groups is 2. The number of hydrogen-bond donors (Lipinski definition) is 0. The number of imide groups is 1. The fraction of sp³-hybridized carbons (Fsp3) is 0.259. The molecular weight excluding hydrogens is 494 g/mol. The van der Waals surface area contributed by atoms with Crippen LogP contribution in [0, 0.1) is 0 Å². The highest BCUT2D eigenvalue weighted by Gasteiger charge is 2.39. The molecule has 3 aromatic carbocycles. The predicted octanol–water partition coefficient (Wildman–Crippen LogP) is 5.32. The van der Waals surface area contributed by atoms with Gasteiger partial charge >= 0.3 is 0 Å². The lowest BCUT2D eigenvalue weighted by Crippen LogP contribution is -2.28. The lowest BCUT2D eigenvalue weighted by molar-refractivity contribution is 0.0694. The van der Waals surface area contributed by atoms with Crippen LogP contribution in [0.25, 0.3) is 32.9 Å². The second-order valence-electron chi connectivity index (χ2n) is 9.12. The first kappa shape index (κ1) is 22.6. The van der Waals surface area contributed by atoms with Gasteiger partial charge in [0.2, 0.25) is 0 Å². The maximum absolute atomic E-state index is 13.4. The summed E-state index contributed by atoms with van der Waals surface area (Å²) in [5, 5.41) is 1.78. The van der Waals surface area contributed by atoms with Gasteiger partial charge in [-0.1, -0.05) is 40.2 Å². The summed E-state index contributed by atoms with van der Waals surface area (Å²) in [6, 6.07) is 15.7. The fourth-order valence-corrected chi connectivity index (χ4v) is 5.57. The summed E-state index contributed by atoms with van der Waals surface area (Å²) in [5.41, 5.74) is 4.25. The molecule has 5 rings (SSSR count). The topological polar surface area (TPSA) is 54.8 Å². The summed E-state index contributed by atoms with van der Waals surface area (Å²) in [6.45, 7) is 2.76. The van der Waals surface area contributed by atoms with Crippen molar-refractivity contribution in [3.8, 4) is 16.9 Å². The molecule has 1 aliphatic rings. The molecule has 0 bridgehead atoms. The Balaban J connectivity index is 1.86. The van der Waals surface area contributed by atoms with E-state index in [1.165, 1.54) is 4.90 Å². The van der Waals surface area contributed by atoms with Gasteiger partial charge in [0.25, 0.3) is 11.8 Å². The van der Waals surface area contributed by atoms with Crippen molar-refractivity contribution in [1.82, 2.24) is 14.4 Å². The van der Waals surface area contributed by atoms with Crippen molar-refractivity contribution in [1.29, 1.82) is 0 Å². The normalized spacial score (nSPS) is 14.5. The van der Waals surface area contributed by atoms with Gasteiger partial charge in [-0.2, -0.15) is 0 Å². The van der Waals surface area contributed by atoms with E-state index in [2.05, 4.69) is 25.4 Å². The van der Waals surface area contributed by atoms with Crippen LogP contribution in [0.1, 0.15) is 27.6 Å². The molecule has 0 radical (unpaired) electrons. The second-order valence-corrected chi connectivity index (χ2v) is 9.97. The zero-order chi connectivity index (χ0) is 24.3. The second kappa shape index (κ2) is 8.25. The summed E-state index contributed by atoms with van der Waals surface area (Å²) >= 11 is 3.69. The third kappa shape index (κ3) is 3.34. The number of nitrogens with zero attached hydrogens (tertiary/aromatic N) is 3. The third-order valence-corrected chi connectivity index (χ3v) is 7.10. The third-order valence-electron chi connectivity index (χ3n) is 6.43. The number of likely N-dealkylation sites (N-methyl/N-ethyl adjacent to an activating group) is 1. The van der Waals surface area contributed by atoms with Crippen LogP contribution >= 0.6 is 15.9 Å². The zero-order valence-electron chi connectivity index (χ0n) is 19.8. The highest BCUT2D eigenvalue weighted by Crippen LogP contribution is 2.46. The first-order chi connectivity index (χ1) is 16.2. The summed E-state index contributed by atoms with van der Waals surface area (Å²) in [5.74, 6) is 0.0884. The van der Waals surface area contributed by atoms with Crippen molar-refractivity contribution in [2.45, 2.75) is 13.0 Å². The van der Waals surface area contributed by atoms with Crippen molar-refractivity contribution >= 4 is 49.6 Å². The van der Waals surface area contributed by atoms with Gasteiger partial charge in [-0.15, -0.1) is 0 Å². The molecule has 1 aromatic heterocycles. The molecule has 7 heteroatoms. The minimum atomic E-state index is -0.298. The van der Waals surface area contributed by atoms with Crippen molar-refractivity contribution < 1.29 is 14.3 Å². The standard InChI is InChI=1S/C27H26BrN3O3/c1-15(14-29(2)3)34-21-12-8-10-18(28)22(21)17-13-20-23(16-9-6-7-11-19(16)30(20)4)25-24(17)26(32)31(5)27(25)33/h6-13,15H,14H2,1-5H3. The molecule has 1 atom stereocenters. The van der Waals surface area contributed by atoms with E-state index in [1.807, 2.05) is 76.6 Å². The van der Waals surface area contributed by atoms with E-state index >= 15 is 0 Å². The Labute approximate surface area is 206 Å². The van der Waals surface area contributed by atoms with E-state index < -0.39 is 0 Å². The van der Waals surface area contributed by atoms with Crippen LogP contribution in [0.5, 0.6) is 5.75 Å². The smallest absolute Gasteiger partial charge is 0.262 e. The molecule has 2 heterocycles. The summed E-state index contributed by atoms with van der Waals surface area (Å²) in [4.78, 5) is 30.1. The molecule has 1 unspecified atom stereocenters. The summed E-state index contributed by atoms with van der Waals surface area (Å²) in [6.07, 6.45) is -0.0718. The van der Waals surface area contributed by atoms with Crippen LogP contribution in [0.2, 0.25) is 0 Å². The number of aryl methyl sites for hydroxylation is 1. The molecule has 0 aliphatic carbocycles. The lowest BCUT2D eigenvalue weighted by Gasteiger charge is -2.22. The molecule has 0 N–H and O–H groups in total. The van der Waals surface area contributed by atoms with Crippen LogP contribution in [0.15, 0.2) is 53.0 Å². The Morgan fingerprint density at radius 2 is 1.65 bits per heavy atom. The monoisotopic (exact) mass is 519 g/mol. The van der Waals surface area contributed by atoms with Gasteiger partial charge in [-0.05, 0) is 45.3 Å². The molecular formula is C27H26BrN3O3. The van der Waals surface area contributed by atoms with E-state index in [4.69, 9.17) is 4.74 Å². The highest BCUT2D eigenvalue weighted by atomic mass is 79.9.